The molecule has 1 aliphatic rings. The van der Waals surface area contributed by atoms with Crippen LogP contribution in [0.4, 0.5) is 0 Å². The Kier molecular flexibility index (Phi) is 6.25. The zero-order chi connectivity index (χ0) is 16.8. The Balaban J connectivity index is 1.49. The smallest absolute Gasteiger partial charge is 0.233 e. The van der Waals surface area contributed by atoms with E-state index in [2.05, 4.69) is 32.3 Å². The second-order valence-electron chi connectivity index (χ2n) is 6.08. The molecule has 1 amide bonds. The molecule has 0 radical (unpaired) electrons. The van der Waals surface area contributed by atoms with Crippen molar-refractivity contribution in [2.75, 3.05) is 6.54 Å². The third-order valence-corrected chi connectivity index (χ3v) is 6.27. The van der Waals surface area contributed by atoms with Crippen molar-refractivity contribution in [3.05, 3.63) is 22.4 Å². The van der Waals surface area contributed by atoms with Crippen molar-refractivity contribution in [3.8, 4) is 0 Å². The van der Waals surface area contributed by atoms with Gasteiger partial charge in [-0.25, -0.2) is 4.68 Å². The number of nitrogens with zero attached hydrogens (tertiary/aromatic N) is 4. The van der Waals surface area contributed by atoms with Gasteiger partial charge in [-0.3, -0.25) is 4.79 Å². The van der Waals surface area contributed by atoms with E-state index in [0.717, 1.165) is 24.4 Å². The van der Waals surface area contributed by atoms with Gasteiger partial charge < -0.3 is 5.32 Å². The largest absolute Gasteiger partial charge is 0.355 e. The van der Waals surface area contributed by atoms with Crippen molar-refractivity contribution in [2.24, 2.45) is 0 Å². The van der Waals surface area contributed by atoms with Crippen LogP contribution in [0, 0.1) is 0 Å². The van der Waals surface area contributed by atoms with E-state index in [-0.39, 0.29) is 11.2 Å². The highest BCUT2D eigenvalue weighted by Gasteiger charge is 2.23. The Morgan fingerprint density at radius 3 is 3.04 bits per heavy atom. The summed E-state index contributed by atoms with van der Waals surface area (Å²) in [6.45, 7) is 2.57. The highest BCUT2D eigenvalue weighted by molar-refractivity contribution is 8.00. The van der Waals surface area contributed by atoms with E-state index in [1.807, 2.05) is 17.7 Å². The van der Waals surface area contributed by atoms with E-state index in [1.165, 1.54) is 35.9 Å². The Hall–Kier alpha value is -1.41. The summed E-state index contributed by atoms with van der Waals surface area (Å²) >= 11 is 3.16. The van der Waals surface area contributed by atoms with Gasteiger partial charge in [0, 0.05) is 11.4 Å². The molecule has 0 saturated heterocycles. The van der Waals surface area contributed by atoms with Crippen LogP contribution in [0.3, 0.4) is 0 Å². The van der Waals surface area contributed by atoms with Gasteiger partial charge >= 0.3 is 0 Å². The van der Waals surface area contributed by atoms with Gasteiger partial charge in [0.05, 0.1) is 11.3 Å². The van der Waals surface area contributed by atoms with E-state index in [0.29, 0.717) is 12.6 Å². The van der Waals surface area contributed by atoms with Crippen molar-refractivity contribution in [2.45, 2.75) is 61.9 Å². The number of hydrogen-bond acceptors (Lipinski definition) is 6. The van der Waals surface area contributed by atoms with Gasteiger partial charge in [0.15, 0.2) is 0 Å². The maximum Gasteiger partial charge on any atom is 0.233 e. The van der Waals surface area contributed by atoms with Crippen LogP contribution in [0.15, 0.2) is 22.7 Å². The van der Waals surface area contributed by atoms with Crippen molar-refractivity contribution in [1.82, 2.24) is 25.5 Å². The van der Waals surface area contributed by atoms with Crippen LogP contribution >= 0.6 is 23.1 Å². The number of nitrogens with one attached hydrogen (secondary N) is 1. The summed E-state index contributed by atoms with van der Waals surface area (Å²) in [4.78, 5) is 13.6. The van der Waals surface area contributed by atoms with E-state index < -0.39 is 0 Å². The summed E-state index contributed by atoms with van der Waals surface area (Å²) in [7, 11) is 0. The molecule has 2 heterocycles. The van der Waals surface area contributed by atoms with Gasteiger partial charge in [-0.15, -0.1) is 16.4 Å². The SMILES string of the molecule is CC(Sc1nnnn1C1CCCCC1)C(=O)NCCc1cccs1. The lowest BCUT2D eigenvalue weighted by molar-refractivity contribution is -0.120. The predicted molar refractivity (Wildman–Crippen MR) is 96.3 cm³/mol. The lowest BCUT2D eigenvalue weighted by atomic mass is 9.96. The Labute approximate surface area is 150 Å². The van der Waals surface area contributed by atoms with Crippen LogP contribution in [0.1, 0.15) is 49.9 Å². The van der Waals surface area contributed by atoms with Gasteiger partial charge in [0.2, 0.25) is 11.1 Å². The van der Waals surface area contributed by atoms with Crippen molar-refractivity contribution < 1.29 is 4.79 Å². The first-order valence-corrected chi connectivity index (χ1v) is 10.2. The minimum absolute atomic E-state index is 0.0368. The van der Waals surface area contributed by atoms with Gasteiger partial charge in [0.1, 0.15) is 0 Å². The van der Waals surface area contributed by atoms with Gasteiger partial charge in [-0.2, -0.15) is 0 Å². The summed E-state index contributed by atoms with van der Waals surface area (Å²) in [5.41, 5.74) is 0. The normalized spacial score (nSPS) is 16.9. The average molecular weight is 366 g/mol. The number of tetrazole rings is 1. The van der Waals surface area contributed by atoms with Crippen LogP contribution in [-0.2, 0) is 11.2 Å². The molecule has 8 heteroatoms. The number of hydrogen-bond donors (Lipinski definition) is 1. The fraction of sp³-hybridized carbons (Fsp3) is 0.625. The number of thioether (sulfide) groups is 1. The fourth-order valence-corrected chi connectivity index (χ4v) is 4.53. The van der Waals surface area contributed by atoms with Crippen molar-refractivity contribution >= 4 is 29.0 Å². The molecule has 3 rings (SSSR count). The quantitative estimate of drug-likeness (QED) is 0.764. The zero-order valence-electron chi connectivity index (χ0n) is 13.9. The number of aromatic nitrogens is 4. The molecule has 24 heavy (non-hydrogen) atoms. The lowest BCUT2D eigenvalue weighted by Crippen LogP contribution is -2.32. The molecule has 130 valence electrons. The van der Waals surface area contributed by atoms with Gasteiger partial charge in [-0.1, -0.05) is 37.1 Å². The molecule has 0 spiro atoms. The molecular weight excluding hydrogens is 342 g/mol. The summed E-state index contributed by atoms with van der Waals surface area (Å²) in [5, 5.41) is 17.7. The minimum atomic E-state index is -0.207. The standard InChI is InChI=1S/C16H23N5OS2/c1-12(15(22)17-10-9-14-8-5-11-23-14)24-16-18-19-20-21(16)13-6-3-2-4-7-13/h5,8,11-13H,2-4,6-7,9-10H2,1H3,(H,17,22). The maximum atomic E-state index is 12.3. The fourth-order valence-electron chi connectivity index (χ4n) is 2.94. The van der Waals surface area contributed by atoms with E-state index >= 15 is 0 Å². The summed E-state index contributed by atoms with van der Waals surface area (Å²) in [5.74, 6) is 0.0368. The van der Waals surface area contributed by atoms with Crippen LogP contribution in [0.5, 0.6) is 0 Å². The maximum absolute atomic E-state index is 12.3. The molecule has 0 bridgehead atoms. The van der Waals surface area contributed by atoms with Crippen molar-refractivity contribution in [3.63, 3.8) is 0 Å². The molecular formula is C16H23N5OS2. The number of thiophene rings is 1. The highest BCUT2D eigenvalue weighted by atomic mass is 32.2. The number of rotatable bonds is 7. The molecule has 1 N–H and O–H groups in total. The van der Waals surface area contributed by atoms with Crippen LogP contribution in [-0.4, -0.2) is 37.9 Å². The molecule has 1 saturated carbocycles. The predicted octanol–water partition coefficient (Wildman–Crippen LogP) is 3.08. The van der Waals surface area contributed by atoms with Crippen LogP contribution < -0.4 is 5.32 Å². The first-order valence-electron chi connectivity index (χ1n) is 8.48. The summed E-state index contributed by atoms with van der Waals surface area (Å²) in [6.07, 6.45) is 6.88. The first kappa shape index (κ1) is 17.4. The molecule has 2 aromatic heterocycles. The van der Waals surface area contributed by atoms with Gasteiger partial charge in [0.25, 0.3) is 0 Å². The molecule has 2 aromatic rings. The van der Waals surface area contributed by atoms with E-state index in [4.69, 9.17) is 0 Å². The molecule has 1 fully saturated rings. The second kappa shape index (κ2) is 8.62. The Morgan fingerprint density at radius 2 is 2.29 bits per heavy atom. The number of carbonyl (C=O) groups is 1. The van der Waals surface area contributed by atoms with E-state index in [1.54, 1.807) is 11.3 Å². The van der Waals surface area contributed by atoms with Crippen molar-refractivity contribution in [1.29, 1.82) is 0 Å². The van der Waals surface area contributed by atoms with Crippen LogP contribution in [0.25, 0.3) is 0 Å². The molecule has 1 unspecified atom stereocenters. The highest BCUT2D eigenvalue weighted by Crippen LogP contribution is 2.31. The third-order valence-electron chi connectivity index (χ3n) is 4.29. The topological polar surface area (TPSA) is 72.7 Å². The summed E-state index contributed by atoms with van der Waals surface area (Å²) < 4.78 is 1.92. The number of amides is 1. The Bertz CT molecular complexity index is 637. The average Bonchev–Trinajstić information content (AvgIpc) is 3.27. The molecule has 1 aliphatic carbocycles. The first-order chi connectivity index (χ1) is 11.7. The van der Waals surface area contributed by atoms with Crippen LogP contribution in [0.2, 0.25) is 0 Å². The lowest BCUT2D eigenvalue weighted by Gasteiger charge is -2.22. The minimum Gasteiger partial charge on any atom is -0.355 e. The second-order valence-corrected chi connectivity index (χ2v) is 8.42. The summed E-state index contributed by atoms with van der Waals surface area (Å²) in [6, 6.07) is 4.50. The number of carbonyl (C=O) groups excluding carboxylic acids is 1. The Morgan fingerprint density at radius 1 is 1.46 bits per heavy atom. The third kappa shape index (κ3) is 4.57. The molecule has 1 atom stereocenters. The van der Waals surface area contributed by atoms with Gasteiger partial charge in [-0.05, 0) is 48.1 Å². The molecule has 0 aromatic carbocycles. The monoisotopic (exact) mass is 365 g/mol. The van der Waals surface area contributed by atoms with E-state index in [9.17, 15) is 4.79 Å². The molecule has 0 aliphatic heterocycles. The zero-order valence-corrected chi connectivity index (χ0v) is 15.5. The molecule has 6 nitrogen and oxygen atoms in total.